The standard InChI is InChI=1S/C38H41F3N6O6/c1-25(36(50)43-28-6-5-27(23-42)32(22-28)38(39,40)41)24-53-31-11-7-29(8-12-31)47-18-16-46(17-19-47)15-2-20-52-30-9-3-26(4-10-30)21-35(49)44-33-13-14-34(48)45-37(33)51/h3-12,22,25,33H,2,13-21,24H2,1H3,(H,43,50)(H,44,49)(H,45,48,51)/t25-,33?/m1/s1. The average molecular weight is 735 g/mol. The molecular weight excluding hydrogens is 693 g/mol. The number of alkyl halides is 3. The molecule has 3 aromatic carbocycles. The van der Waals surface area contributed by atoms with Gasteiger partial charge in [-0.05, 0) is 73.0 Å². The van der Waals surface area contributed by atoms with Crippen molar-refractivity contribution in [3.05, 3.63) is 83.4 Å². The minimum atomic E-state index is -4.72. The van der Waals surface area contributed by atoms with Crippen LogP contribution in [0.4, 0.5) is 24.5 Å². The van der Waals surface area contributed by atoms with Crippen LogP contribution in [0.1, 0.15) is 42.9 Å². The summed E-state index contributed by atoms with van der Waals surface area (Å²) in [5.41, 5.74) is 0.159. The van der Waals surface area contributed by atoms with Gasteiger partial charge in [0, 0.05) is 50.5 Å². The first kappa shape index (κ1) is 38.6. The van der Waals surface area contributed by atoms with Gasteiger partial charge in [-0.1, -0.05) is 19.1 Å². The molecule has 2 saturated heterocycles. The maximum absolute atomic E-state index is 13.3. The SMILES string of the molecule is C[C@H](COc1ccc(N2CCN(CCCOc3ccc(CC(=O)NC4CCC(=O)NC4=O)cc3)CC2)cc1)C(=O)Nc1ccc(C#N)c(C(F)(F)F)c1. The predicted octanol–water partition coefficient (Wildman–Crippen LogP) is 4.29. The highest BCUT2D eigenvalue weighted by atomic mass is 19.4. The van der Waals surface area contributed by atoms with Crippen molar-refractivity contribution in [1.29, 1.82) is 5.26 Å². The second-order valence-electron chi connectivity index (χ2n) is 13.0. The lowest BCUT2D eigenvalue weighted by Gasteiger charge is -2.36. The highest BCUT2D eigenvalue weighted by Gasteiger charge is 2.34. The van der Waals surface area contributed by atoms with Crippen LogP contribution in [-0.4, -0.2) is 80.5 Å². The summed E-state index contributed by atoms with van der Waals surface area (Å²) in [5.74, 6) is -0.979. The third kappa shape index (κ3) is 11.2. The molecule has 2 heterocycles. The normalized spacial score (nSPS) is 17.0. The Morgan fingerprint density at radius 3 is 2.32 bits per heavy atom. The van der Waals surface area contributed by atoms with E-state index in [4.69, 9.17) is 14.7 Å². The fourth-order valence-corrected chi connectivity index (χ4v) is 5.94. The highest BCUT2D eigenvalue weighted by molar-refractivity contribution is 6.01. The fourth-order valence-electron chi connectivity index (χ4n) is 5.94. The van der Waals surface area contributed by atoms with E-state index in [2.05, 4.69) is 25.8 Å². The Hall–Kier alpha value is -5.62. The number of amides is 4. The summed E-state index contributed by atoms with van der Waals surface area (Å²) in [5, 5.41) is 16.3. The van der Waals surface area contributed by atoms with E-state index < -0.39 is 41.1 Å². The molecule has 2 aliphatic heterocycles. The van der Waals surface area contributed by atoms with Crippen molar-refractivity contribution in [2.75, 3.05) is 56.2 Å². The molecule has 0 bridgehead atoms. The zero-order chi connectivity index (χ0) is 38.0. The molecule has 0 aromatic heterocycles. The number of piperazine rings is 1. The van der Waals surface area contributed by atoms with Crippen LogP contribution in [0, 0.1) is 17.2 Å². The Morgan fingerprint density at radius 1 is 0.981 bits per heavy atom. The number of ether oxygens (including phenoxy) is 2. The van der Waals surface area contributed by atoms with Crippen molar-refractivity contribution in [1.82, 2.24) is 15.5 Å². The summed E-state index contributed by atoms with van der Waals surface area (Å²) in [6.07, 6.45) is -3.25. The summed E-state index contributed by atoms with van der Waals surface area (Å²) >= 11 is 0. The molecule has 53 heavy (non-hydrogen) atoms. The lowest BCUT2D eigenvalue weighted by atomic mass is 10.1. The maximum Gasteiger partial charge on any atom is 0.417 e. The van der Waals surface area contributed by atoms with Crippen LogP contribution in [0.3, 0.4) is 0 Å². The van der Waals surface area contributed by atoms with Gasteiger partial charge in [-0.15, -0.1) is 0 Å². The lowest BCUT2D eigenvalue weighted by Crippen LogP contribution is -2.52. The van der Waals surface area contributed by atoms with Crippen LogP contribution < -0.4 is 30.3 Å². The Kier molecular flexibility index (Phi) is 12.9. The topological polar surface area (TPSA) is 153 Å². The molecule has 12 nitrogen and oxygen atoms in total. The molecule has 2 fully saturated rings. The second kappa shape index (κ2) is 17.7. The van der Waals surface area contributed by atoms with Crippen LogP contribution in [-0.2, 0) is 31.8 Å². The predicted molar refractivity (Wildman–Crippen MR) is 189 cm³/mol. The van der Waals surface area contributed by atoms with Crippen molar-refractivity contribution in [3.63, 3.8) is 0 Å². The number of nitrogens with one attached hydrogen (secondary N) is 3. The minimum Gasteiger partial charge on any atom is -0.494 e. The first-order valence-corrected chi connectivity index (χ1v) is 17.3. The lowest BCUT2D eigenvalue weighted by molar-refractivity contribution is -0.138. The number of nitriles is 1. The number of piperidine rings is 1. The maximum atomic E-state index is 13.3. The van der Waals surface area contributed by atoms with Crippen LogP contribution >= 0.6 is 0 Å². The van der Waals surface area contributed by atoms with Gasteiger partial charge in [-0.2, -0.15) is 18.4 Å². The summed E-state index contributed by atoms with van der Waals surface area (Å²) in [6.45, 7) is 6.55. The van der Waals surface area contributed by atoms with Crippen molar-refractivity contribution in [3.8, 4) is 17.6 Å². The van der Waals surface area contributed by atoms with Gasteiger partial charge in [0.1, 0.15) is 17.5 Å². The largest absolute Gasteiger partial charge is 0.494 e. The molecule has 0 saturated carbocycles. The van der Waals surface area contributed by atoms with E-state index in [1.54, 1.807) is 6.92 Å². The number of carbonyl (C=O) groups is 4. The van der Waals surface area contributed by atoms with Crippen molar-refractivity contribution >= 4 is 35.0 Å². The number of halogens is 3. The van der Waals surface area contributed by atoms with Gasteiger partial charge in [0.25, 0.3) is 0 Å². The van der Waals surface area contributed by atoms with E-state index in [9.17, 15) is 32.3 Å². The molecule has 3 N–H and O–H groups in total. The van der Waals surface area contributed by atoms with Crippen LogP contribution in [0.5, 0.6) is 11.5 Å². The number of benzene rings is 3. The number of imide groups is 1. The molecule has 5 rings (SSSR count). The van der Waals surface area contributed by atoms with Gasteiger partial charge in [0.15, 0.2) is 0 Å². The molecule has 15 heteroatoms. The zero-order valence-corrected chi connectivity index (χ0v) is 29.2. The number of rotatable bonds is 14. The third-order valence-corrected chi connectivity index (χ3v) is 8.98. The Labute approximate surface area is 305 Å². The number of carbonyl (C=O) groups excluding carboxylic acids is 4. The molecule has 3 aromatic rings. The molecule has 2 atom stereocenters. The van der Waals surface area contributed by atoms with Crippen LogP contribution in [0.15, 0.2) is 66.7 Å². The van der Waals surface area contributed by atoms with Gasteiger partial charge in [-0.3, -0.25) is 29.4 Å². The minimum absolute atomic E-state index is 0.0220. The first-order chi connectivity index (χ1) is 25.4. The van der Waals surface area contributed by atoms with Crippen LogP contribution in [0.2, 0.25) is 0 Å². The zero-order valence-electron chi connectivity index (χ0n) is 29.2. The Balaban J connectivity index is 0.960. The number of anilines is 2. The fraction of sp³-hybridized carbons (Fsp3) is 0.395. The molecule has 0 spiro atoms. The molecular formula is C38H41F3N6O6. The quantitative estimate of drug-likeness (QED) is 0.163. The third-order valence-electron chi connectivity index (χ3n) is 8.98. The van der Waals surface area contributed by atoms with E-state index in [0.717, 1.165) is 62.5 Å². The van der Waals surface area contributed by atoms with Crippen molar-refractivity contribution in [2.45, 2.75) is 44.8 Å². The smallest absolute Gasteiger partial charge is 0.417 e. The van der Waals surface area contributed by atoms with E-state index in [-0.39, 0.29) is 37.0 Å². The number of hydrogen-bond acceptors (Lipinski definition) is 9. The van der Waals surface area contributed by atoms with Gasteiger partial charge < -0.3 is 25.0 Å². The van der Waals surface area contributed by atoms with Gasteiger partial charge >= 0.3 is 6.18 Å². The monoisotopic (exact) mass is 734 g/mol. The second-order valence-corrected chi connectivity index (χ2v) is 13.0. The summed E-state index contributed by atoms with van der Waals surface area (Å²) < 4.78 is 51.5. The van der Waals surface area contributed by atoms with E-state index in [0.29, 0.717) is 24.5 Å². The average Bonchev–Trinajstić information content (AvgIpc) is 3.14. The summed E-state index contributed by atoms with van der Waals surface area (Å²) in [4.78, 5) is 52.8. The number of hydrogen-bond donors (Lipinski definition) is 3. The van der Waals surface area contributed by atoms with Gasteiger partial charge in [0.05, 0.1) is 42.7 Å². The molecule has 1 unspecified atom stereocenters. The molecule has 0 radical (unpaired) electrons. The van der Waals surface area contributed by atoms with Gasteiger partial charge in [0.2, 0.25) is 23.6 Å². The van der Waals surface area contributed by atoms with Crippen molar-refractivity contribution in [2.24, 2.45) is 5.92 Å². The Morgan fingerprint density at radius 2 is 1.66 bits per heavy atom. The molecule has 280 valence electrons. The number of nitrogens with zero attached hydrogens (tertiary/aromatic N) is 3. The molecule has 4 amide bonds. The van der Waals surface area contributed by atoms with Gasteiger partial charge in [-0.25, -0.2) is 0 Å². The highest BCUT2D eigenvalue weighted by Crippen LogP contribution is 2.33. The Bertz CT molecular complexity index is 1800. The summed E-state index contributed by atoms with van der Waals surface area (Å²) in [6, 6.07) is 18.7. The summed E-state index contributed by atoms with van der Waals surface area (Å²) in [7, 11) is 0. The molecule has 0 aliphatic carbocycles. The van der Waals surface area contributed by atoms with Crippen molar-refractivity contribution < 1.29 is 41.8 Å². The van der Waals surface area contributed by atoms with Crippen LogP contribution in [0.25, 0.3) is 0 Å². The van der Waals surface area contributed by atoms with E-state index >= 15 is 0 Å². The molecule has 2 aliphatic rings. The van der Waals surface area contributed by atoms with E-state index in [1.807, 2.05) is 48.5 Å². The first-order valence-electron chi connectivity index (χ1n) is 17.3. The van der Waals surface area contributed by atoms with E-state index in [1.165, 1.54) is 12.1 Å².